The lowest BCUT2D eigenvalue weighted by atomic mass is 9.98. The van der Waals surface area contributed by atoms with Gasteiger partial charge in [0.1, 0.15) is 0 Å². The largest absolute Gasteiger partial charge is 0.373 e. The van der Waals surface area contributed by atoms with Crippen LogP contribution in [0.3, 0.4) is 0 Å². The van der Waals surface area contributed by atoms with Crippen molar-refractivity contribution in [3.8, 4) is 0 Å². The summed E-state index contributed by atoms with van der Waals surface area (Å²) in [4.78, 5) is 0. The predicted molar refractivity (Wildman–Crippen MR) is 50.6 cm³/mol. The highest BCUT2D eigenvalue weighted by molar-refractivity contribution is 4.65. The van der Waals surface area contributed by atoms with Gasteiger partial charge in [0.25, 0.3) is 0 Å². The van der Waals surface area contributed by atoms with Gasteiger partial charge in [0.15, 0.2) is 6.29 Å². The molecule has 13 heavy (non-hydrogen) atoms. The zero-order valence-electron chi connectivity index (χ0n) is 8.62. The number of rotatable bonds is 5. The standard InChI is InChI=1S/C10H20O3/c1-11-10(12-2)8-13-9-6-4-3-5-7-9/h9-10H,3-8H2,1-2H3. The fraction of sp³-hybridized carbons (Fsp3) is 1.00. The molecule has 1 aliphatic rings. The minimum atomic E-state index is -0.207. The predicted octanol–water partition coefficient (Wildman–Crippen LogP) is 1.95. The van der Waals surface area contributed by atoms with Gasteiger partial charge in [0.05, 0.1) is 12.7 Å². The summed E-state index contributed by atoms with van der Waals surface area (Å²) in [5.74, 6) is 0. The Kier molecular flexibility index (Phi) is 5.35. The lowest BCUT2D eigenvalue weighted by Gasteiger charge is -2.23. The summed E-state index contributed by atoms with van der Waals surface area (Å²) in [7, 11) is 3.27. The van der Waals surface area contributed by atoms with Crippen LogP contribution in [0, 0.1) is 0 Å². The van der Waals surface area contributed by atoms with Crippen LogP contribution in [0.5, 0.6) is 0 Å². The van der Waals surface area contributed by atoms with Crippen molar-refractivity contribution in [2.24, 2.45) is 0 Å². The summed E-state index contributed by atoms with van der Waals surface area (Å²) in [6.45, 7) is 0.553. The van der Waals surface area contributed by atoms with E-state index in [1.807, 2.05) is 0 Å². The first-order valence-electron chi connectivity index (χ1n) is 5.04. The minimum Gasteiger partial charge on any atom is -0.373 e. The van der Waals surface area contributed by atoms with Crippen LogP contribution < -0.4 is 0 Å². The fourth-order valence-corrected chi connectivity index (χ4v) is 1.68. The van der Waals surface area contributed by atoms with Crippen molar-refractivity contribution in [2.45, 2.75) is 44.5 Å². The van der Waals surface area contributed by atoms with E-state index in [4.69, 9.17) is 14.2 Å². The Morgan fingerprint density at radius 1 is 1.08 bits per heavy atom. The summed E-state index contributed by atoms with van der Waals surface area (Å²) in [6, 6.07) is 0. The van der Waals surface area contributed by atoms with E-state index >= 15 is 0 Å². The lowest BCUT2D eigenvalue weighted by Crippen LogP contribution is -2.26. The quantitative estimate of drug-likeness (QED) is 0.617. The summed E-state index contributed by atoms with van der Waals surface area (Å²) >= 11 is 0. The molecule has 0 aromatic rings. The first-order valence-corrected chi connectivity index (χ1v) is 5.04. The molecular weight excluding hydrogens is 168 g/mol. The molecule has 3 heteroatoms. The van der Waals surface area contributed by atoms with Crippen LogP contribution in [0.15, 0.2) is 0 Å². The highest BCUT2D eigenvalue weighted by atomic mass is 16.7. The molecule has 1 aliphatic carbocycles. The number of hydrogen-bond donors (Lipinski definition) is 0. The molecule has 1 rings (SSSR count). The van der Waals surface area contributed by atoms with Crippen molar-refractivity contribution in [2.75, 3.05) is 20.8 Å². The smallest absolute Gasteiger partial charge is 0.180 e. The van der Waals surface area contributed by atoms with Gasteiger partial charge in [-0.2, -0.15) is 0 Å². The summed E-state index contributed by atoms with van der Waals surface area (Å²) in [5, 5.41) is 0. The Hall–Kier alpha value is -0.120. The molecule has 0 N–H and O–H groups in total. The second-order valence-electron chi connectivity index (χ2n) is 3.49. The normalized spacial score (nSPS) is 19.6. The van der Waals surface area contributed by atoms with E-state index < -0.39 is 0 Å². The zero-order chi connectivity index (χ0) is 9.52. The Morgan fingerprint density at radius 2 is 1.69 bits per heavy atom. The first-order chi connectivity index (χ1) is 6.36. The van der Waals surface area contributed by atoms with Gasteiger partial charge >= 0.3 is 0 Å². The van der Waals surface area contributed by atoms with Gasteiger partial charge in [-0.1, -0.05) is 19.3 Å². The molecule has 0 spiro atoms. The van der Waals surface area contributed by atoms with Gasteiger partial charge in [-0.25, -0.2) is 0 Å². The van der Waals surface area contributed by atoms with Gasteiger partial charge in [-0.3, -0.25) is 0 Å². The average Bonchev–Trinajstić information content (AvgIpc) is 2.21. The fourth-order valence-electron chi connectivity index (χ4n) is 1.68. The number of hydrogen-bond acceptors (Lipinski definition) is 3. The van der Waals surface area contributed by atoms with Crippen LogP contribution >= 0.6 is 0 Å². The molecule has 1 saturated carbocycles. The summed E-state index contributed by atoms with van der Waals surface area (Å²) in [5.41, 5.74) is 0. The topological polar surface area (TPSA) is 27.7 Å². The molecule has 0 atom stereocenters. The van der Waals surface area contributed by atoms with E-state index in [0.29, 0.717) is 12.7 Å². The van der Waals surface area contributed by atoms with Crippen molar-refractivity contribution in [1.82, 2.24) is 0 Å². The van der Waals surface area contributed by atoms with Gasteiger partial charge < -0.3 is 14.2 Å². The third-order valence-corrected chi connectivity index (χ3v) is 2.55. The third kappa shape index (κ3) is 4.07. The van der Waals surface area contributed by atoms with E-state index in [1.165, 1.54) is 32.1 Å². The Morgan fingerprint density at radius 3 is 2.23 bits per heavy atom. The SMILES string of the molecule is COC(COC1CCCCC1)OC. The third-order valence-electron chi connectivity index (χ3n) is 2.55. The second kappa shape index (κ2) is 6.35. The van der Waals surface area contributed by atoms with E-state index in [-0.39, 0.29) is 6.29 Å². The van der Waals surface area contributed by atoms with Crippen LogP contribution in [0.2, 0.25) is 0 Å². The minimum absolute atomic E-state index is 0.207. The van der Waals surface area contributed by atoms with E-state index in [1.54, 1.807) is 14.2 Å². The first kappa shape index (κ1) is 11.0. The van der Waals surface area contributed by atoms with Crippen molar-refractivity contribution in [3.63, 3.8) is 0 Å². The second-order valence-corrected chi connectivity index (χ2v) is 3.49. The van der Waals surface area contributed by atoms with E-state index in [0.717, 1.165) is 0 Å². The molecule has 0 aliphatic heterocycles. The molecular formula is C10H20O3. The molecule has 0 aromatic carbocycles. The van der Waals surface area contributed by atoms with Crippen LogP contribution in [-0.2, 0) is 14.2 Å². The molecule has 0 heterocycles. The van der Waals surface area contributed by atoms with Gasteiger partial charge in [-0.05, 0) is 12.8 Å². The maximum Gasteiger partial charge on any atom is 0.180 e. The molecule has 0 radical (unpaired) electrons. The highest BCUT2D eigenvalue weighted by Crippen LogP contribution is 2.20. The Labute approximate surface area is 80.4 Å². The van der Waals surface area contributed by atoms with Gasteiger partial charge in [0, 0.05) is 14.2 Å². The average molecular weight is 188 g/mol. The molecule has 0 aromatic heterocycles. The Bertz CT molecular complexity index is 117. The lowest BCUT2D eigenvalue weighted by molar-refractivity contribution is -0.154. The zero-order valence-corrected chi connectivity index (χ0v) is 8.62. The van der Waals surface area contributed by atoms with Crippen LogP contribution in [0.25, 0.3) is 0 Å². The molecule has 3 nitrogen and oxygen atoms in total. The van der Waals surface area contributed by atoms with Crippen molar-refractivity contribution >= 4 is 0 Å². The molecule has 0 amide bonds. The van der Waals surface area contributed by atoms with Crippen LogP contribution in [-0.4, -0.2) is 33.2 Å². The summed E-state index contributed by atoms with van der Waals surface area (Å²) in [6.07, 6.45) is 6.58. The number of methoxy groups -OCH3 is 2. The molecule has 0 bridgehead atoms. The van der Waals surface area contributed by atoms with Gasteiger partial charge in [0.2, 0.25) is 0 Å². The Balaban J connectivity index is 2.09. The van der Waals surface area contributed by atoms with Crippen LogP contribution in [0.4, 0.5) is 0 Å². The van der Waals surface area contributed by atoms with Crippen molar-refractivity contribution in [1.29, 1.82) is 0 Å². The number of ether oxygens (including phenoxy) is 3. The van der Waals surface area contributed by atoms with Crippen LogP contribution in [0.1, 0.15) is 32.1 Å². The molecule has 0 saturated heterocycles. The molecule has 78 valence electrons. The highest BCUT2D eigenvalue weighted by Gasteiger charge is 2.15. The summed E-state index contributed by atoms with van der Waals surface area (Å²) < 4.78 is 15.8. The van der Waals surface area contributed by atoms with Crippen molar-refractivity contribution in [3.05, 3.63) is 0 Å². The monoisotopic (exact) mass is 188 g/mol. The van der Waals surface area contributed by atoms with E-state index in [9.17, 15) is 0 Å². The van der Waals surface area contributed by atoms with E-state index in [2.05, 4.69) is 0 Å². The molecule has 1 fully saturated rings. The molecule has 0 unspecified atom stereocenters. The maximum atomic E-state index is 5.68. The van der Waals surface area contributed by atoms with Gasteiger partial charge in [-0.15, -0.1) is 0 Å². The maximum absolute atomic E-state index is 5.68. The van der Waals surface area contributed by atoms with Crippen molar-refractivity contribution < 1.29 is 14.2 Å².